The van der Waals surface area contributed by atoms with E-state index in [1.54, 1.807) is 0 Å². The van der Waals surface area contributed by atoms with Crippen molar-refractivity contribution in [3.8, 4) is 0 Å². The molecule has 0 aromatic heterocycles. The normalized spacial score (nSPS) is 19.3. The smallest absolute Gasteiger partial charge is 0.185 e. The Morgan fingerprint density at radius 1 is 1.11 bits per heavy atom. The van der Waals surface area contributed by atoms with Gasteiger partial charge in [-0.1, -0.05) is 0 Å². The van der Waals surface area contributed by atoms with Gasteiger partial charge in [-0.15, -0.1) is 4.94 Å². The fourth-order valence-electron chi connectivity index (χ4n) is 0.0437. The minimum Gasteiger partial charge on any atom is -0.185 e. The molecule has 0 aliphatic carbocycles. The van der Waals surface area contributed by atoms with E-state index in [9.17, 15) is 22.1 Å². The third-order valence-corrected chi connectivity index (χ3v) is 0.999. The standard InChI is InChI=1S/C2BrF5O/c3-1(4,9-8)2(5,6)7. The van der Waals surface area contributed by atoms with E-state index < -0.39 is 10.9 Å². The van der Waals surface area contributed by atoms with E-state index in [4.69, 9.17) is 0 Å². The lowest BCUT2D eigenvalue weighted by molar-refractivity contribution is -0.353. The average Bonchev–Trinajstić information content (AvgIpc) is 1.64. The zero-order valence-electron chi connectivity index (χ0n) is 3.68. The van der Waals surface area contributed by atoms with Gasteiger partial charge in [0.05, 0.1) is 0 Å². The quantitative estimate of drug-likeness (QED) is 0.482. The predicted octanol–water partition coefficient (Wildman–Crippen LogP) is 2.47. The van der Waals surface area contributed by atoms with Crippen LogP contribution < -0.4 is 0 Å². The first-order valence-electron chi connectivity index (χ1n) is 1.55. The van der Waals surface area contributed by atoms with Gasteiger partial charge in [-0.3, -0.25) is 0 Å². The van der Waals surface area contributed by atoms with Crippen LogP contribution in [-0.4, -0.2) is 10.9 Å². The minimum atomic E-state index is -5.40. The van der Waals surface area contributed by atoms with E-state index in [1.807, 2.05) is 4.94 Å². The fraction of sp³-hybridized carbons (Fsp3) is 1.00. The van der Waals surface area contributed by atoms with Gasteiger partial charge in [0, 0.05) is 0 Å². The van der Waals surface area contributed by atoms with Crippen LogP contribution in [0.3, 0.4) is 0 Å². The van der Waals surface area contributed by atoms with Gasteiger partial charge in [-0.25, -0.2) is 0 Å². The molecule has 1 nitrogen and oxygen atoms in total. The molecule has 7 heteroatoms. The summed E-state index contributed by atoms with van der Waals surface area (Å²) in [4.78, 5) is 1.93. The van der Waals surface area contributed by atoms with Crippen LogP contribution >= 0.6 is 15.9 Å². The molecule has 1 atom stereocenters. The molecule has 0 bridgehead atoms. The molecule has 0 rings (SSSR count). The molecule has 0 spiro atoms. The second-order valence-corrected chi connectivity index (χ2v) is 2.11. The maximum Gasteiger partial charge on any atom is 0.462 e. The van der Waals surface area contributed by atoms with Crippen LogP contribution in [-0.2, 0) is 4.94 Å². The largest absolute Gasteiger partial charge is 0.462 e. The van der Waals surface area contributed by atoms with Crippen LogP contribution in [0.5, 0.6) is 0 Å². The molecule has 56 valence electrons. The van der Waals surface area contributed by atoms with Crippen LogP contribution in [0.1, 0.15) is 0 Å². The van der Waals surface area contributed by atoms with E-state index in [1.165, 1.54) is 15.9 Å². The van der Waals surface area contributed by atoms with E-state index in [0.29, 0.717) is 0 Å². The third kappa shape index (κ3) is 2.05. The number of halogens is 6. The Morgan fingerprint density at radius 2 is 1.44 bits per heavy atom. The van der Waals surface area contributed by atoms with E-state index >= 15 is 0 Å². The van der Waals surface area contributed by atoms with E-state index in [2.05, 4.69) is 0 Å². The number of hydrogen-bond donors (Lipinski definition) is 0. The molecular weight excluding hydrogens is 215 g/mol. The van der Waals surface area contributed by atoms with Crippen molar-refractivity contribution < 1.29 is 27.0 Å². The molecular formula is C2BrF5O. The molecule has 1 unspecified atom stereocenters. The Kier molecular flexibility index (Phi) is 2.40. The summed E-state index contributed by atoms with van der Waals surface area (Å²) >= 11 is 1.31. The molecule has 0 N–H and O–H groups in total. The van der Waals surface area contributed by atoms with E-state index in [0.717, 1.165) is 0 Å². The zero-order chi connectivity index (χ0) is 7.71. The number of rotatable bonds is 1. The van der Waals surface area contributed by atoms with Crippen molar-refractivity contribution in [1.29, 1.82) is 0 Å². The lowest BCUT2D eigenvalue weighted by Gasteiger charge is -2.15. The Hall–Kier alpha value is 0.0900. The summed E-state index contributed by atoms with van der Waals surface area (Å²) in [5.41, 5.74) is 0. The van der Waals surface area contributed by atoms with E-state index in [-0.39, 0.29) is 0 Å². The van der Waals surface area contributed by atoms with Crippen molar-refractivity contribution in [1.82, 2.24) is 0 Å². The van der Waals surface area contributed by atoms with Crippen molar-refractivity contribution in [3.05, 3.63) is 0 Å². The second kappa shape index (κ2) is 2.37. The van der Waals surface area contributed by atoms with Gasteiger partial charge in [0.2, 0.25) is 0 Å². The maximum absolute atomic E-state index is 11.5. The summed E-state index contributed by atoms with van der Waals surface area (Å²) in [5.74, 6) is 0. The van der Waals surface area contributed by atoms with Gasteiger partial charge in [0.25, 0.3) is 0 Å². The first kappa shape index (κ1) is 9.09. The zero-order valence-corrected chi connectivity index (χ0v) is 5.26. The molecule has 0 amide bonds. The molecule has 0 heterocycles. The van der Waals surface area contributed by atoms with Gasteiger partial charge >= 0.3 is 10.9 Å². The topological polar surface area (TPSA) is 9.23 Å². The van der Waals surface area contributed by atoms with Crippen molar-refractivity contribution in [2.75, 3.05) is 0 Å². The molecule has 0 radical (unpaired) electrons. The molecule has 0 fully saturated rings. The van der Waals surface area contributed by atoms with Crippen molar-refractivity contribution in [3.63, 3.8) is 0 Å². The highest BCUT2D eigenvalue weighted by Crippen LogP contribution is 2.40. The SMILES string of the molecule is FOC(F)(Br)C(F)(F)F. The number of alkyl halides is 5. The minimum absolute atomic E-state index is 1.31. The lowest BCUT2D eigenvalue weighted by Crippen LogP contribution is -2.35. The van der Waals surface area contributed by atoms with Crippen LogP contribution in [0, 0.1) is 0 Å². The predicted molar refractivity (Wildman–Crippen MR) is 21.0 cm³/mol. The lowest BCUT2D eigenvalue weighted by atomic mass is 10.7. The van der Waals surface area contributed by atoms with Gasteiger partial charge < -0.3 is 0 Å². The summed E-state index contributed by atoms with van der Waals surface area (Å²) < 4.78 is 50.9. The molecule has 0 aliphatic rings. The first-order chi connectivity index (χ1) is 3.81. The molecule has 9 heavy (non-hydrogen) atoms. The maximum atomic E-state index is 11.5. The molecule has 0 aromatic rings. The summed E-state index contributed by atoms with van der Waals surface area (Å²) in [6, 6.07) is 0. The van der Waals surface area contributed by atoms with Gasteiger partial charge in [0.1, 0.15) is 0 Å². The van der Waals surface area contributed by atoms with Gasteiger partial charge in [-0.05, 0) is 20.5 Å². The Bertz CT molecular complexity index is 97.6. The summed E-state index contributed by atoms with van der Waals surface area (Å²) in [5, 5.41) is 0. The summed E-state index contributed by atoms with van der Waals surface area (Å²) in [6.45, 7) is 0. The average molecular weight is 215 g/mol. The third-order valence-electron chi connectivity index (χ3n) is 0.427. The summed E-state index contributed by atoms with van der Waals surface area (Å²) in [6.07, 6.45) is -5.40. The van der Waals surface area contributed by atoms with Crippen molar-refractivity contribution >= 4 is 15.9 Å². The number of hydrogen-bond acceptors (Lipinski definition) is 1. The highest BCUT2D eigenvalue weighted by atomic mass is 79.9. The van der Waals surface area contributed by atoms with Gasteiger partial charge in [-0.2, -0.15) is 17.6 Å². The fourth-order valence-corrected chi connectivity index (χ4v) is 0.0437. The molecule has 0 aliphatic heterocycles. The highest BCUT2D eigenvalue weighted by Gasteiger charge is 2.57. The molecule has 0 saturated carbocycles. The van der Waals surface area contributed by atoms with Gasteiger partial charge in [0.15, 0.2) is 0 Å². The Balaban J connectivity index is 4.14. The molecule has 0 aromatic carbocycles. The Labute approximate surface area is 54.8 Å². The second-order valence-electron chi connectivity index (χ2n) is 1.09. The first-order valence-corrected chi connectivity index (χ1v) is 2.35. The molecule has 0 saturated heterocycles. The van der Waals surface area contributed by atoms with Crippen LogP contribution in [0.4, 0.5) is 22.1 Å². The summed E-state index contributed by atoms with van der Waals surface area (Å²) in [7, 11) is 0. The van der Waals surface area contributed by atoms with Crippen LogP contribution in [0.25, 0.3) is 0 Å². The van der Waals surface area contributed by atoms with Crippen molar-refractivity contribution in [2.45, 2.75) is 10.9 Å². The monoisotopic (exact) mass is 214 g/mol. The van der Waals surface area contributed by atoms with Crippen molar-refractivity contribution in [2.24, 2.45) is 0 Å². The van der Waals surface area contributed by atoms with Crippen LogP contribution in [0.2, 0.25) is 0 Å². The van der Waals surface area contributed by atoms with Crippen LogP contribution in [0.15, 0.2) is 0 Å². The highest BCUT2D eigenvalue weighted by molar-refractivity contribution is 9.10. The Morgan fingerprint density at radius 3 is 1.44 bits per heavy atom.